The molecule has 0 radical (unpaired) electrons. The minimum atomic E-state index is -0.335. The van der Waals surface area contributed by atoms with Crippen LogP contribution in [0.5, 0.6) is 0 Å². The minimum Gasteiger partial charge on any atom is -0.343 e. The Bertz CT molecular complexity index is 673. The molecule has 8 heteroatoms. The molecule has 1 aromatic heterocycles. The number of H-pyrrole nitrogens is 1. The van der Waals surface area contributed by atoms with Crippen LogP contribution in [-0.4, -0.2) is 47.0 Å². The Morgan fingerprint density at radius 2 is 2.04 bits per heavy atom. The van der Waals surface area contributed by atoms with Crippen molar-refractivity contribution in [1.82, 2.24) is 20.2 Å². The molecule has 0 bridgehead atoms. The Labute approximate surface area is 153 Å². The standard InChI is InChI=1S/C16H21FN4O.2ClH/c1-21(11-7-9-18-10-8-11)15(22)6-5-14-19-13-4-2-3-12(17)16(13)20-14;;/h2-4,11,18H,5-10H2,1H3,(H,19,20);2*1H. The van der Waals surface area contributed by atoms with Crippen molar-refractivity contribution in [3.63, 3.8) is 0 Å². The number of halogens is 3. The molecule has 134 valence electrons. The van der Waals surface area contributed by atoms with Gasteiger partial charge in [0.15, 0.2) is 5.82 Å². The van der Waals surface area contributed by atoms with E-state index >= 15 is 0 Å². The lowest BCUT2D eigenvalue weighted by atomic mass is 10.0. The van der Waals surface area contributed by atoms with Crippen molar-refractivity contribution in [1.29, 1.82) is 0 Å². The molecule has 0 aliphatic carbocycles. The number of para-hydroxylation sites is 1. The number of aromatic nitrogens is 2. The Hall–Kier alpha value is -1.37. The summed E-state index contributed by atoms with van der Waals surface area (Å²) in [6.07, 6.45) is 2.89. The van der Waals surface area contributed by atoms with E-state index in [1.807, 2.05) is 11.9 Å². The fraction of sp³-hybridized carbons (Fsp3) is 0.500. The molecule has 0 atom stereocenters. The second-order valence-corrected chi connectivity index (χ2v) is 5.81. The van der Waals surface area contributed by atoms with Crippen molar-refractivity contribution >= 4 is 41.8 Å². The van der Waals surface area contributed by atoms with Crippen LogP contribution >= 0.6 is 24.8 Å². The number of aromatic amines is 1. The van der Waals surface area contributed by atoms with Gasteiger partial charge in [-0.1, -0.05) is 6.07 Å². The van der Waals surface area contributed by atoms with Crippen molar-refractivity contribution in [2.75, 3.05) is 20.1 Å². The number of piperidine rings is 1. The Balaban J connectivity index is 0.00000144. The molecule has 3 rings (SSSR count). The number of fused-ring (bicyclic) bond motifs is 1. The second-order valence-electron chi connectivity index (χ2n) is 5.81. The van der Waals surface area contributed by atoms with E-state index in [1.165, 1.54) is 6.07 Å². The van der Waals surface area contributed by atoms with Crippen LogP contribution in [0.15, 0.2) is 18.2 Å². The van der Waals surface area contributed by atoms with E-state index in [9.17, 15) is 9.18 Å². The third-order valence-corrected chi connectivity index (χ3v) is 4.34. The lowest BCUT2D eigenvalue weighted by Crippen LogP contribution is -2.44. The maximum Gasteiger partial charge on any atom is 0.223 e. The minimum absolute atomic E-state index is 0. The van der Waals surface area contributed by atoms with E-state index in [4.69, 9.17) is 0 Å². The Morgan fingerprint density at radius 3 is 2.71 bits per heavy atom. The molecule has 1 aromatic carbocycles. The van der Waals surface area contributed by atoms with Gasteiger partial charge in [-0.2, -0.15) is 0 Å². The van der Waals surface area contributed by atoms with Crippen LogP contribution in [0.25, 0.3) is 11.0 Å². The van der Waals surface area contributed by atoms with Gasteiger partial charge in [-0.05, 0) is 38.1 Å². The second kappa shape index (κ2) is 9.20. The molecule has 1 aliphatic rings. The van der Waals surface area contributed by atoms with Crippen molar-refractivity contribution in [2.24, 2.45) is 0 Å². The first-order valence-corrected chi connectivity index (χ1v) is 7.74. The summed E-state index contributed by atoms with van der Waals surface area (Å²) in [5, 5.41) is 3.30. The monoisotopic (exact) mass is 376 g/mol. The first-order valence-electron chi connectivity index (χ1n) is 7.74. The van der Waals surface area contributed by atoms with Gasteiger partial charge in [-0.3, -0.25) is 4.79 Å². The number of aryl methyl sites for hydroxylation is 1. The van der Waals surface area contributed by atoms with Crippen LogP contribution in [0.3, 0.4) is 0 Å². The summed E-state index contributed by atoms with van der Waals surface area (Å²) < 4.78 is 13.6. The average molecular weight is 377 g/mol. The number of nitrogens with one attached hydrogen (secondary N) is 2. The number of carbonyl (C=O) groups excluding carboxylic acids is 1. The van der Waals surface area contributed by atoms with Gasteiger partial charge in [0.05, 0.1) is 5.52 Å². The molecule has 1 aliphatic heterocycles. The van der Waals surface area contributed by atoms with E-state index in [2.05, 4.69) is 15.3 Å². The molecule has 2 N–H and O–H groups in total. The fourth-order valence-electron chi connectivity index (χ4n) is 2.97. The number of hydrogen-bond acceptors (Lipinski definition) is 3. The molecule has 1 fully saturated rings. The van der Waals surface area contributed by atoms with Crippen molar-refractivity contribution in [3.8, 4) is 0 Å². The van der Waals surface area contributed by atoms with Crippen LogP contribution < -0.4 is 5.32 Å². The zero-order valence-electron chi connectivity index (χ0n) is 13.5. The third-order valence-electron chi connectivity index (χ3n) is 4.34. The maximum atomic E-state index is 13.6. The highest BCUT2D eigenvalue weighted by molar-refractivity contribution is 5.85. The van der Waals surface area contributed by atoms with E-state index in [-0.39, 0.29) is 36.5 Å². The topological polar surface area (TPSA) is 61.0 Å². The summed E-state index contributed by atoms with van der Waals surface area (Å²) in [4.78, 5) is 21.5. The number of benzene rings is 1. The highest BCUT2D eigenvalue weighted by Crippen LogP contribution is 2.16. The predicted molar refractivity (Wildman–Crippen MR) is 97.5 cm³/mol. The SMILES string of the molecule is CN(C(=O)CCc1nc2c(F)cccc2[nH]1)C1CCNCC1.Cl.Cl. The first kappa shape index (κ1) is 20.7. The molecule has 0 unspecified atom stereocenters. The molecule has 24 heavy (non-hydrogen) atoms. The van der Waals surface area contributed by atoms with E-state index in [0.29, 0.717) is 35.7 Å². The van der Waals surface area contributed by atoms with Gasteiger partial charge >= 0.3 is 0 Å². The molecule has 1 amide bonds. The Morgan fingerprint density at radius 1 is 1.33 bits per heavy atom. The highest BCUT2D eigenvalue weighted by Gasteiger charge is 2.21. The summed E-state index contributed by atoms with van der Waals surface area (Å²) in [6.45, 7) is 1.93. The number of carbonyl (C=O) groups is 1. The quantitative estimate of drug-likeness (QED) is 0.862. The number of amides is 1. The normalized spacial score (nSPS) is 14.8. The Kier molecular flexibility index (Phi) is 7.93. The van der Waals surface area contributed by atoms with Crippen LogP contribution in [-0.2, 0) is 11.2 Å². The molecular weight excluding hydrogens is 354 g/mol. The number of rotatable bonds is 4. The molecule has 2 aromatic rings. The first-order chi connectivity index (χ1) is 10.6. The van der Waals surface area contributed by atoms with Gasteiger partial charge in [0, 0.05) is 25.9 Å². The predicted octanol–water partition coefficient (Wildman–Crippen LogP) is 2.69. The fourth-order valence-corrected chi connectivity index (χ4v) is 2.97. The summed E-state index contributed by atoms with van der Waals surface area (Å²) in [5.74, 6) is 0.443. The van der Waals surface area contributed by atoms with Gasteiger partial charge in [0.25, 0.3) is 0 Å². The zero-order valence-corrected chi connectivity index (χ0v) is 15.2. The molecule has 5 nitrogen and oxygen atoms in total. The van der Waals surface area contributed by atoms with Crippen molar-refractivity contribution < 1.29 is 9.18 Å². The highest BCUT2D eigenvalue weighted by atomic mass is 35.5. The van der Waals surface area contributed by atoms with E-state index < -0.39 is 0 Å². The van der Waals surface area contributed by atoms with E-state index in [1.54, 1.807) is 12.1 Å². The molecule has 2 heterocycles. The number of imidazole rings is 1. The van der Waals surface area contributed by atoms with Gasteiger partial charge in [0.1, 0.15) is 11.3 Å². The maximum absolute atomic E-state index is 13.6. The molecule has 0 saturated carbocycles. The average Bonchev–Trinajstić information content (AvgIpc) is 2.97. The van der Waals surface area contributed by atoms with Crippen LogP contribution in [0.4, 0.5) is 4.39 Å². The summed E-state index contributed by atoms with van der Waals surface area (Å²) in [7, 11) is 1.87. The number of nitrogens with zero attached hydrogens (tertiary/aromatic N) is 2. The zero-order chi connectivity index (χ0) is 15.5. The lowest BCUT2D eigenvalue weighted by Gasteiger charge is -2.31. The smallest absolute Gasteiger partial charge is 0.223 e. The van der Waals surface area contributed by atoms with Gasteiger partial charge in [0.2, 0.25) is 5.91 Å². The molecule has 0 spiro atoms. The van der Waals surface area contributed by atoms with Crippen LogP contribution in [0.2, 0.25) is 0 Å². The van der Waals surface area contributed by atoms with E-state index in [0.717, 1.165) is 25.9 Å². The molecule has 1 saturated heterocycles. The largest absolute Gasteiger partial charge is 0.343 e. The van der Waals surface area contributed by atoms with Crippen molar-refractivity contribution in [3.05, 3.63) is 29.8 Å². The van der Waals surface area contributed by atoms with Crippen LogP contribution in [0, 0.1) is 5.82 Å². The lowest BCUT2D eigenvalue weighted by molar-refractivity contribution is -0.132. The van der Waals surface area contributed by atoms with Gasteiger partial charge < -0.3 is 15.2 Å². The van der Waals surface area contributed by atoms with Gasteiger partial charge in [-0.25, -0.2) is 9.37 Å². The summed E-state index contributed by atoms with van der Waals surface area (Å²) in [5.41, 5.74) is 1.02. The summed E-state index contributed by atoms with van der Waals surface area (Å²) in [6, 6.07) is 5.15. The van der Waals surface area contributed by atoms with Crippen LogP contribution in [0.1, 0.15) is 25.1 Å². The van der Waals surface area contributed by atoms with Gasteiger partial charge in [-0.15, -0.1) is 24.8 Å². The molecular formula is C16H23Cl2FN4O. The summed E-state index contributed by atoms with van der Waals surface area (Å²) >= 11 is 0. The third kappa shape index (κ3) is 4.59. The number of hydrogen-bond donors (Lipinski definition) is 2. The van der Waals surface area contributed by atoms with Crippen molar-refractivity contribution in [2.45, 2.75) is 31.7 Å².